The van der Waals surface area contributed by atoms with Crippen LogP contribution in [0.15, 0.2) is 18.2 Å². The quantitative estimate of drug-likeness (QED) is 0.263. The molecule has 1 aliphatic carbocycles. The summed E-state index contributed by atoms with van der Waals surface area (Å²) >= 11 is 0. The van der Waals surface area contributed by atoms with Gasteiger partial charge in [-0.05, 0) is 55.7 Å². The van der Waals surface area contributed by atoms with Crippen LogP contribution in [-0.2, 0) is 38.4 Å². The Morgan fingerprint density at radius 2 is 1.75 bits per heavy atom. The highest BCUT2D eigenvalue weighted by molar-refractivity contribution is 6.07. The topological polar surface area (TPSA) is 92.7 Å². The number of rotatable bonds is 13. The molecule has 0 spiro atoms. The van der Waals surface area contributed by atoms with Crippen molar-refractivity contribution in [2.24, 2.45) is 5.92 Å². The van der Waals surface area contributed by atoms with Crippen molar-refractivity contribution < 1.29 is 24.2 Å². The van der Waals surface area contributed by atoms with Crippen LogP contribution in [0.4, 0.5) is 0 Å². The van der Waals surface area contributed by atoms with E-state index in [1.54, 1.807) is 6.92 Å². The molecular formula is C26H39NO5. The lowest BCUT2D eigenvalue weighted by molar-refractivity contribution is -0.171. The van der Waals surface area contributed by atoms with Gasteiger partial charge in [-0.15, -0.1) is 0 Å². The van der Waals surface area contributed by atoms with Gasteiger partial charge in [0.25, 0.3) is 0 Å². The van der Waals surface area contributed by atoms with Crippen LogP contribution in [-0.4, -0.2) is 34.6 Å². The zero-order valence-electron chi connectivity index (χ0n) is 20.0. The summed E-state index contributed by atoms with van der Waals surface area (Å²) < 4.78 is 5.42. The molecule has 1 aromatic carbocycles. The van der Waals surface area contributed by atoms with Crippen LogP contribution in [0, 0.1) is 5.92 Å². The molecule has 0 fully saturated rings. The number of hydrogen-bond donors (Lipinski definition) is 2. The first-order chi connectivity index (χ1) is 15.2. The molecule has 0 radical (unpaired) electrons. The first kappa shape index (κ1) is 25.9. The van der Waals surface area contributed by atoms with E-state index < -0.39 is 35.4 Å². The van der Waals surface area contributed by atoms with E-state index in [1.165, 1.54) is 44.6 Å². The molecule has 6 nitrogen and oxygen atoms in total. The Hall–Kier alpha value is -2.37. The highest BCUT2D eigenvalue weighted by Gasteiger charge is 2.56. The largest absolute Gasteiger partial charge is 0.479 e. The first-order valence-corrected chi connectivity index (χ1v) is 12.1. The van der Waals surface area contributed by atoms with Gasteiger partial charge < -0.3 is 15.2 Å². The summed E-state index contributed by atoms with van der Waals surface area (Å²) in [7, 11) is 0. The third-order valence-electron chi connectivity index (χ3n) is 6.55. The molecule has 0 saturated carbocycles. The second-order valence-corrected chi connectivity index (χ2v) is 9.14. The summed E-state index contributed by atoms with van der Waals surface area (Å²) in [5.74, 6) is -3.42. The van der Waals surface area contributed by atoms with Gasteiger partial charge in [-0.25, -0.2) is 9.59 Å². The molecule has 178 valence electrons. The smallest absolute Gasteiger partial charge is 0.344 e. The van der Waals surface area contributed by atoms with Crippen molar-refractivity contribution in [3.05, 3.63) is 34.9 Å². The van der Waals surface area contributed by atoms with Crippen LogP contribution < -0.4 is 5.32 Å². The van der Waals surface area contributed by atoms with E-state index in [2.05, 4.69) is 24.4 Å². The van der Waals surface area contributed by atoms with E-state index in [0.29, 0.717) is 19.3 Å². The molecule has 0 saturated heterocycles. The standard InChI is InChI=1S/C26H39NO5/c1-5-7-8-9-10-11-12-20-13-14-21-16-23(17-22(21)15-20)26(24(29)30,27-19(4)28)25(31)32-18(3)6-2/h13-15,18,23H,5-12,16-17H2,1-4H3,(H,27,28)(H,29,30). The van der Waals surface area contributed by atoms with Gasteiger partial charge in [-0.1, -0.05) is 64.2 Å². The zero-order valence-corrected chi connectivity index (χ0v) is 20.0. The number of esters is 1. The van der Waals surface area contributed by atoms with Crippen molar-refractivity contribution in [3.63, 3.8) is 0 Å². The number of carboxylic acid groups (broad SMARTS) is 1. The second-order valence-electron chi connectivity index (χ2n) is 9.14. The molecule has 2 rings (SSSR count). The maximum absolute atomic E-state index is 13.0. The van der Waals surface area contributed by atoms with Crippen LogP contribution in [0.3, 0.4) is 0 Å². The number of aryl methyl sites for hydroxylation is 1. The Balaban J connectivity index is 2.16. The Labute approximate surface area is 192 Å². The molecule has 0 bridgehead atoms. The molecule has 1 aromatic rings. The summed E-state index contributed by atoms with van der Waals surface area (Å²) in [5.41, 5.74) is 1.25. The maximum Gasteiger partial charge on any atom is 0.344 e. The van der Waals surface area contributed by atoms with Crippen molar-refractivity contribution in [1.82, 2.24) is 5.32 Å². The van der Waals surface area contributed by atoms with Gasteiger partial charge >= 0.3 is 11.9 Å². The Kier molecular flexibility index (Phi) is 9.73. The monoisotopic (exact) mass is 445 g/mol. The second kappa shape index (κ2) is 12.0. The van der Waals surface area contributed by atoms with Crippen LogP contribution in [0.5, 0.6) is 0 Å². The number of benzene rings is 1. The lowest BCUT2D eigenvalue weighted by Gasteiger charge is -2.34. The number of nitrogens with one attached hydrogen (secondary N) is 1. The van der Waals surface area contributed by atoms with Gasteiger partial charge in [0.15, 0.2) is 0 Å². The minimum absolute atomic E-state index is 0.412. The highest BCUT2D eigenvalue weighted by atomic mass is 16.5. The minimum atomic E-state index is -2.09. The Bertz CT molecular complexity index is 805. The van der Waals surface area contributed by atoms with Crippen LogP contribution >= 0.6 is 0 Å². The van der Waals surface area contributed by atoms with Crippen molar-refractivity contribution >= 4 is 17.8 Å². The molecule has 32 heavy (non-hydrogen) atoms. The SMILES string of the molecule is CCCCCCCCc1ccc2c(c1)CC(C(NC(C)=O)(C(=O)O)C(=O)OC(C)CC)C2. The third kappa shape index (κ3) is 6.33. The fraction of sp³-hybridized carbons (Fsp3) is 0.654. The van der Waals surface area contributed by atoms with Crippen molar-refractivity contribution in [3.8, 4) is 0 Å². The van der Waals surface area contributed by atoms with Crippen LogP contribution in [0.1, 0.15) is 89.3 Å². The number of carboxylic acids is 1. The van der Waals surface area contributed by atoms with Crippen molar-refractivity contribution in [2.45, 2.75) is 104 Å². The van der Waals surface area contributed by atoms with E-state index in [1.807, 2.05) is 13.0 Å². The molecular weight excluding hydrogens is 406 g/mol. The van der Waals surface area contributed by atoms with Crippen molar-refractivity contribution in [2.75, 3.05) is 0 Å². The Morgan fingerprint density at radius 1 is 1.09 bits per heavy atom. The molecule has 3 unspecified atom stereocenters. The number of unbranched alkanes of at least 4 members (excludes halogenated alkanes) is 5. The average Bonchev–Trinajstić information content (AvgIpc) is 3.17. The molecule has 6 heteroatoms. The number of carbonyl (C=O) groups excluding carboxylic acids is 2. The molecule has 2 N–H and O–H groups in total. The van der Waals surface area contributed by atoms with Gasteiger partial charge in [0.05, 0.1) is 6.10 Å². The van der Waals surface area contributed by atoms with Gasteiger partial charge in [0.2, 0.25) is 11.4 Å². The summed E-state index contributed by atoms with van der Waals surface area (Å²) in [6.07, 6.45) is 9.40. The number of hydrogen-bond acceptors (Lipinski definition) is 4. The van der Waals surface area contributed by atoms with Gasteiger partial charge in [0.1, 0.15) is 0 Å². The summed E-state index contributed by atoms with van der Waals surface area (Å²) in [4.78, 5) is 37.4. The summed E-state index contributed by atoms with van der Waals surface area (Å²) in [6.45, 7) is 7.02. The highest BCUT2D eigenvalue weighted by Crippen LogP contribution is 2.36. The van der Waals surface area contributed by atoms with E-state index in [0.717, 1.165) is 24.0 Å². The zero-order chi connectivity index (χ0) is 23.7. The van der Waals surface area contributed by atoms with Crippen LogP contribution in [0.25, 0.3) is 0 Å². The molecule has 1 aliphatic rings. The lowest BCUT2D eigenvalue weighted by atomic mass is 9.81. The fourth-order valence-corrected chi connectivity index (χ4v) is 4.51. The average molecular weight is 446 g/mol. The fourth-order valence-electron chi connectivity index (χ4n) is 4.51. The van der Waals surface area contributed by atoms with Gasteiger partial charge in [0, 0.05) is 12.8 Å². The van der Waals surface area contributed by atoms with E-state index in [-0.39, 0.29) is 0 Å². The summed E-state index contributed by atoms with van der Waals surface area (Å²) in [5, 5.41) is 12.6. The van der Waals surface area contributed by atoms with E-state index in [9.17, 15) is 19.5 Å². The molecule has 0 aromatic heterocycles. The normalized spacial score (nSPS) is 17.8. The molecule has 1 amide bonds. The van der Waals surface area contributed by atoms with Gasteiger partial charge in [-0.3, -0.25) is 4.79 Å². The molecule has 0 heterocycles. The predicted molar refractivity (Wildman–Crippen MR) is 124 cm³/mol. The van der Waals surface area contributed by atoms with Crippen LogP contribution in [0.2, 0.25) is 0 Å². The lowest BCUT2D eigenvalue weighted by Crippen LogP contribution is -2.65. The van der Waals surface area contributed by atoms with Crippen molar-refractivity contribution in [1.29, 1.82) is 0 Å². The van der Waals surface area contributed by atoms with E-state index in [4.69, 9.17) is 4.74 Å². The van der Waals surface area contributed by atoms with Gasteiger partial charge in [-0.2, -0.15) is 0 Å². The summed E-state index contributed by atoms with van der Waals surface area (Å²) in [6, 6.07) is 6.29. The minimum Gasteiger partial charge on any atom is -0.479 e. The number of aliphatic carboxylic acids is 1. The number of carbonyl (C=O) groups is 3. The molecule has 0 aliphatic heterocycles. The van der Waals surface area contributed by atoms with E-state index >= 15 is 0 Å². The third-order valence-corrected chi connectivity index (χ3v) is 6.55. The number of fused-ring (bicyclic) bond motifs is 1. The number of ether oxygens (including phenoxy) is 1. The number of amides is 1. The Morgan fingerprint density at radius 3 is 2.38 bits per heavy atom. The predicted octanol–water partition coefficient (Wildman–Crippen LogP) is 4.61. The first-order valence-electron chi connectivity index (χ1n) is 12.1. The molecule has 3 atom stereocenters. The maximum atomic E-state index is 13.0.